The summed E-state index contributed by atoms with van der Waals surface area (Å²) in [5.74, 6) is -2.68. The van der Waals surface area contributed by atoms with E-state index in [1.54, 1.807) is 30.9 Å². The lowest BCUT2D eigenvalue weighted by Crippen LogP contribution is -2.18. The Balaban J connectivity index is 1.59. The Morgan fingerprint density at radius 2 is 1.69 bits per heavy atom. The van der Waals surface area contributed by atoms with E-state index in [0.717, 1.165) is 11.5 Å². The van der Waals surface area contributed by atoms with E-state index in [9.17, 15) is 18.0 Å². The molecular weight excluding hydrogens is 495 g/mol. The molecule has 12 heteroatoms. The fourth-order valence-electron chi connectivity index (χ4n) is 3.90. The van der Waals surface area contributed by atoms with Crippen molar-refractivity contribution < 1.29 is 13.2 Å². The van der Waals surface area contributed by atoms with Gasteiger partial charge in [0.15, 0.2) is 22.9 Å². The first kappa shape index (κ1) is 23.6. The highest BCUT2D eigenvalue weighted by molar-refractivity contribution is 6.34. The molecule has 3 heterocycles. The number of benzene rings is 2. The molecule has 36 heavy (non-hydrogen) atoms. The van der Waals surface area contributed by atoms with Crippen LogP contribution in [-0.2, 0) is 27.1 Å². The summed E-state index contributed by atoms with van der Waals surface area (Å²) < 4.78 is 46.5. The van der Waals surface area contributed by atoms with Crippen molar-refractivity contribution in [3.8, 4) is 0 Å². The van der Waals surface area contributed by atoms with Gasteiger partial charge in [-0.2, -0.15) is 10.2 Å². The molecule has 0 aliphatic rings. The third-order valence-electron chi connectivity index (χ3n) is 5.60. The minimum Gasteiger partial charge on any atom is -0.340 e. The van der Waals surface area contributed by atoms with E-state index in [2.05, 4.69) is 20.5 Å². The zero-order chi connectivity index (χ0) is 25.6. The fraction of sp³-hybridized carbons (Fsp3) is 0.167. The van der Waals surface area contributed by atoms with E-state index in [1.165, 1.54) is 27.8 Å². The summed E-state index contributed by atoms with van der Waals surface area (Å²) in [4.78, 5) is 17.1. The molecule has 0 amide bonds. The van der Waals surface area contributed by atoms with Gasteiger partial charge in [-0.05, 0) is 18.2 Å². The molecule has 2 aromatic carbocycles. The minimum atomic E-state index is -1.28. The van der Waals surface area contributed by atoms with Crippen LogP contribution in [0.25, 0.3) is 10.9 Å². The van der Waals surface area contributed by atoms with Crippen LogP contribution in [0, 0.1) is 17.5 Å². The molecule has 0 radical (unpaired) electrons. The van der Waals surface area contributed by atoms with Crippen molar-refractivity contribution in [3.05, 3.63) is 98.7 Å². The molecule has 0 atom stereocenters. The quantitative estimate of drug-likeness (QED) is 0.342. The number of hydrogen-bond acceptors (Lipinski definition) is 5. The number of hydrogen-bond donors (Lipinski definition) is 1. The lowest BCUT2D eigenvalue weighted by atomic mass is 10.1. The van der Waals surface area contributed by atoms with Gasteiger partial charge in [0, 0.05) is 61.6 Å². The molecule has 8 nitrogen and oxygen atoms in total. The maximum Gasteiger partial charge on any atom is 0.187 e. The maximum absolute atomic E-state index is 14.5. The van der Waals surface area contributed by atoms with E-state index >= 15 is 0 Å². The van der Waals surface area contributed by atoms with Crippen LogP contribution in [0.3, 0.4) is 0 Å². The molecule has 0 bridgehead atoms. The summed E-state index contributed by atoms with van der Waals surface area (Å²) in [5.41, 5.74) is 1.09. The highest BCUT2D eigenvalue weighted by Crippen LogP contribution is 2.30. The zero-order valence-electron chi connectivity index (χ0n) is 19.1. The number of halogens is 4. The fourth-order valence-corrected chi connectivity index (χ4v) is 4.10. The van der Waals surface area contributed by atoms with Crippen LogP contribution in [0.15, 0.2) is 53.8 Å². The Bertz CT molecular complexity index is 1670. The second-order valence-corrected chi connectivity index (χ2v) is 8.77. The Morgan fingerprint density at radius 3 is 2.44 bits per heavy atom. The molecule has 0 aliphatic carbocycles. The largest absolute Gasteiger partial charge is 0.340 e. The van der Waals surface area contributed by atoms with Gasteiger partial charge in [0.25, 0.3) is 0 Å². The second kappa shape index (κ2) is 9.15. The molecule has 1 N–H and O–H groups in total. The van der Waals surface area contributed by atoms with Gasteiger partial charge >= 0.3 is 0 Å². The molecule has 5 rings (SSSR count). The second-order valence-electron chi connectivity index (χ2n) is 8.36. The van der Waals surface area contributed by atoms with Crippen molar-refractivity contribution >= 4 is 34.0 Å². The SMILES string of the molecule is Cn1cnc(Cc2cn(Cc3cc(F)c(F)cc3F)c(Nc3cc4cn(C)nc4cc3Cl)cc2=O)n1. The lowest BCUT2D eigenvalue weighted by Gasteiger charge is -2.18. The first-order valence-corrected chi connectivity index (χ1v) is 11.2. The van der Waals surface area contributed by atoms with E-state index in [4.69, 9.17) is 11.6 Å². The van der Waals surface area contributed by atoms with Crippen LogP contribution in [0.2, 0.25) is 5.02 Å². The summed E-state index contributed by atoms with van der Waals surface area (Å²) in [6.07, 6.45) is 4.96. The number of pyridine rings is 1. The average molecular weight is 514 g/mol. The van der Waals surface area contributed by atoms with Crippen molar-refractivity contribution in [2.45, 2.75) is 13.0 Å². The Hall–Kier alpha value is -4.12. The van der Waals surface area contributed by atoms with Gasteiger partial charge in [0.1, 0.15) is 18.0 Å². The van der Waals surface area contributed by atoms with Crippen molar-refractivity contribution in [1.29, 1.82) is 0 Å². The molecule has 3 aromatic heterocycles. The molecule has 184 valence electrons. The number of aryl methyl sites for hydroxylation is 2. The monoisotopic (exact) mass is 513 g/mol. The smallest absolute Gasteiger partial charge is 0.187 e. The molecule has 5 aromatic rings. The number of anilines is 2. The summed E-state index contributed by atoms with van der Waals surface area (Å²) in [5, 5.41) is 12.8. The molecular formula is C24H19ClF3N7O. The van der Waals surface area contributed by atoms with Crippen LogP contribution < -0.4 is 10.7 Å². The van der Waals surface area contributed by atoms with Crippen LogP contribution in [-0.4, -0.2) is 29.1 Å². The van der Waals surface area contributed by atoms with Crippen LogP contribution in [0.4, 0.5) is 24.7 Å². The lowest BCUT2D eigenvalue weighted by molar-refractivity contribution is 0.488. The summed E-state index contributed by atoms with van der Waals surface area (Å²) in [6.45, 7) is -0.193. The topological polar surface area (TPSA) is 82.6 Å². The Labute approximate surface area is 207 Å². The summed E-state index contributed by atoms with van der Waals surface area (Å²) in [6, 6.07) is 6.06. The van der Waals surface area contributed by atoms with Gasteiger partial charge < -0.3 is 9.88 Å². The Kier molecular flexibility index (Phi) is 6.00. The van der Waals surface area contributed by atoms with Crippen LogP contribution >= 0.6 is 11.6 Å². The molecule has 0 unspecified atom stereocenters. The van der Waals surface area contributed by atoms with Gasteiger partial charge in [-0.1, -0.05) is 11.6 Å². The first-order chi connectivity index (χ1) is 17.2. The van der Waals surface area contributed by atoms with Gasteiger partial charge in [-0.3, -0.25) is 14.2 Å². The third kappa shape index (κ3) is 4.69. The van der Waals surface area contributed by atoms with Crippen LogP contribution in [0.5, 0.6) is 0 Å². The average Bonchev–Trinajstić information content (AvgIpc) is 3.38. The first-order valence-electron chi connectivity index (χ1n) is 10.8. The predicted molar refractivity (Wildman–Crippen MR) is 129 cm³/mol. The molecule has 0 saturated carbocycles. The van der Waals surface area contributed by atoms with Crippen molar-refractivity contribution in [3.63, 3.8) is 0 Å². The van der Waals surface area contributed by atoms with Gasteiger partial charge in [0.05, 0.1) is 22.8 Å². The van der Waals surface area contributed by atoms with E-state index in [1.807, 2.05) is 6.20 Å². The van der Waals surface area contributed by atoms with Crippen molar-refractivity contribution in [1.82, 2.24) is 29.1 Å². The highest BCUT2D eigenvalue weighted by Gasteiger charge is 2.16. The van der Waals surface area contributed by atoms with Gasteiger partial charge in [-0.15, -0.1) is 0 Å². The van der Waals surface area contributed by atoms with E-state index in [-0.39, 0.29) is 29.8 Å². The van der Waals surface area contributed by atoms with Gasteiger partial charge in [0.2, 0.25) is 0 Å². The summed E-state index contributed by atoms with van der Waals surface area (Å²) in [7, 11) is 3.49. The number of rotatable bonds is 6. The number of aromatic nitrogens is 6. The number of fused-ring (bicyclic) bond motifs is 1. The molecule has 0 aliphatic heterocycles. The van der Waals surface area contributed by atoms with E-state index < -0.39 is 17.5 Å². The maximum atomic E-state index is 14.5. The number of nitrogens with one attached hydrogen (secondary N) is 1. The molecule has 0 saturated heterocycles. The van der Waals surface area contributed by atoms with Gasteiger partial charge in [-0.25, -0.2) is 18.2 Å². The van der Waals surface area contributed by atoms with Crippen LogP contribution in [0.1, 0.15) is 17.0 Å². The molecule has 0 spiro atoms. The van der Waals surface area contributed by atoms with Crippen molar-refractivity contribution in [2.24, 2.45) is 14.1 Å². The molecule has 0 fully saturated rings. The zero-order valence-corrected chi connectivity index (χ0v) is 19.9. The number of nitrogens with zero attached hydrogens (tertiary/aromatic N) is 6. The Morgan fingerprint density at radius 1 is 0.917 bits per heavy atom. The normalized spacial score (nSPS) is 11.4. The standard InChI is InChI=1S/C24H19ClF3N7O/c1-33-9-14-4-21(16(25)6-20(14)31-33)30-24-8-22(36)15(5-23-29-12-34(2)32-23)11-35(24)10-13-3-18(27)19(28)7-17(13)26/h3-4,6-9,11-12,30H,5,10H2,1-2H3. The summed E-state index contributed by atoms with van der Waals surface area (Å²) >= 11 is 6.45. The third-order valence-corrected chi connectivity index (χ3v) is 5.91. The predicted octanol–water partition coefficient (Wildman–Crippen LogP) is 4.32. The van der Waals surface area contributed by atoms with E-state index in [0.29, 0.717) is 33.7 Å². The highest BCUT2D eigenvalue weighted by atomic mass is 35.5. The minimum absolute atomic E-state index is 0.101. The van der Waals surface area contributed by atoms with Crippen molar-refractivity contribution in [2.75, 3.05) is 5.32 Å².